The molecule has 1 saturated heterocycles. The number of nitrogens with one attached hydrogen (secondary N) is 1. The smallest absolute Gasteiger partial charge is 0.0622 e. The third kappa shape index (κ3) is 3.87. The lowest BCUT2D eigenvalue weighted by Crippen LogP contribution is -2.46. The normalized spacial score (nSPS) is 20.9. The fourth-order valence-corrected chi connectivity index (χ4v) is 2.49. The van der Waals surface area contributed by atoms with E-state index in [0.717, 1.165) is 50.0 Å². The van der Waals surface area contributed by atoms with Crippen molar-refractivity contribution in [3.8, 4) is 0 Å². The van der Waals surface area contributed by atoms with Gasteiger partial charge in [0.25, 0.3) is 0 Å². The van der Waals surface area contributed by atoms with Gasteiger partial charge in [-0.2, -0.15) is 0 Å². The number of hydrogen-bond acceptors (Lipinski definition) is 3. The van der Waals surface area contributed by atoms with E-state index in [-0.39, 0.29) is 0 Å². The highest BCUT2D eigenvalue weighted by molar-refractivity contribution is 6.30. The van der Waals surface area contributed by atoms with Crippen molar-refractivity contribution in [1.82, 2.24) is 4.90 Å². The zero-order chi connectivity index (χ0) is 12.8. The molecule has 18 heavy (non-hydrogen) atoms. The molecule has 1 N–H and O–H groups in total. The second-order valence-corrected chi connectivity index (χ2v) is 5.05. The fourth-order valence-electron chi connectivity index (χ4n) is 2.30. The van der Waals surface area contributed by atoms with Gasteiger partial charge < -0.3 is 10.1 Å². The first-order valence-corrected chi connectivity index (χ1v) is 6.98. The quantitative estimate of drug-likeness (QED) is 0.889. The fraction of sp³-hybridized carbons (Fsp3) is 0.571. The Labute approximate surface area is 114 Å². The lowest BCUT2D eigenvalue weighted by molar-refractivity contribution is -0.00648. The van der Waals surface area contributed by atoms with Crippen LogP contribution in [0.5, 0.6) is 0 Å². The number of morpholine rings is 1. The molecule has 1 aliphatic heterocycles. The van der Waals surface area contributed by atoms with Gasteiger partial charge in [-0.05, 0) is 24.6 Å². The van der Waals surface area contributed by atoms with E-state index in [0.29, 0.717) is 6.04 Å². The minimum Gasteiger partial charge on any atom is -0.384 e. The zero-order valence-electron chi connectivity index (χ0n) is 10.9. The van der Waals surface area contributed by atoms with E-state index in [9.17, 15) is 0 Å². The van der Waals surface area contributed by atoms with Gasteiger partial charge in [0, 0.05) is 36.4 Å². The zero-order valence-corrected chi connectivity index (χ0v) is 11.6. The standard InChI is InChI=1S/C14H21ClN2O/c1-2-14-11-18-9-8-17(14)7-6-16-13-5-3-4-12(15)10-13/h3-5,10,14,16H,2,6-9,11H2,1H3. The lowest BCUT2D eigenvalue weighted by Gasteiger charge is -2.35. The van der Waals surface area contributed by atoms with Crippen LogP contribution in [0, 0.1) is 0 Å². The second kappa shape index (κ2) is 6.98. The maximum Gasteiger partial charge on any atom is 0.0622 e. The average molecular weight is 269 g/mol. The predicted molar refractivity (Wildman–Crippen MR) is 76.4 cm³/mol. The Kier molecular flexibility index (Phi) is 5.29. The van der Waals surface area contributed by atoms with Crippen molar-refractivity contribution >= 4 is 17.3 Å². The number of ether oxygens (including phenoxy) is 1. The SMILES string of the molecule is CCC1COCCN1CCNc1cccc(Cl)c1. The van der Waals surface area contributed by atoms with Crippen LogP contribution in [0.1, 0.15) is 13.3 Å². The summed E-state index contributed by atoms with van der Waals surface area (Å²) in [5, 5.41) is 4.19. The van der Waals surface area contributed by atoms with E-state index in [1.807, 2.05) is 24.3 Å². The molecule has 1 aromatic carbocycles. The van der Waals surface area contributed by atoms with Gasteiger partial charge in [0.2, 0.25) is 0 Å². The van der Waals surface area contributed by atoms with Crippen molar-refractivity contribution in [1.29, 1.82) is 0 Å². The average Bonchev–Trinajstić information content (AvgIpc) is 2.39. The van der Waals surface area contributed by atoms with Crippen LogP contribution < -0.4 is 5.32 Å². The minimum atomic E-state index is 0.569. The van der Waals surface area contributed by atoms with E-state index < -0.39 is 0 Å². The second-order valence-electron chi connectivity index (χ2n) is 4.61. The molecule has 100 valence electrons. The molecule has 0 spiro atoms. The molecule has 0 radical (unpaired) electrons. The molecule has 3 nitrogen and oxygen atoms in total. The third-order valence-corrected chi connectivity index (χ3v) is 3.61. The molecule has 0 bridgehead atoms. The number of anilines is 1. The van der Waals surface area contributed by atoms with Crippen LogP contribution in [-0.4, -0.2) is 43.8 Å². The summed E-state index contributed by atoms with van der Waals surface area (Å²) < 4.78 is 5.50. The number of rotatable bonds is 5. The Morgan fingerprint density at radius 2 is 2.39 bits per heavy atom. The van der Waals surface area contributed by atoms with Crippen LogP contribution in [0.4, 0.5) is 5.69 Å². The highest BCUT2D eigenvalue weighted by Crippen LogP contribution is 2.15. The summed E-state index contributed by atoms with van der Waals surface area (Å²) in [7, 11) is 0. The minimum absolute atomic E-state index is 0.569. The molecule has 1 unspecified atom stereocenters. The van der Waals surface area contributed by atoms with Crippen LogP contribution in [0.2, 0.25) is 5.02 Å². The molecule has 1 aromatic rings. The number of nitrogens with zero attached hydrogens (tertiary/aromatic N) is 1. The molecule has 0 amide bonds. The molecule has 1 fully saturated rings. The van der Waals surface area contributed by atoms with E-state index in [4.69, 9.17) is 16.3 Å². The Morgan fingerprint density at radius 1 is 1.50 bits per heavy atom. The van der Waals surface area contributed by atoms with Gasteiger partial charge in [-0.15, -0.1) is 0 Å². The molecule has 4 heteroatoms. The molecule has 0 aliphatic carbocycles. The largest absolute Gasteiger partial charge is 0.384 e. The van der Waals surface area contributed by atoms with E-state index in [1.165, 1.54) is 0 Å². The first-order valence-electron chi connectivity index (χ1n) is 6.61. The topological polar surface area (TPSA) is 24.5 Å². The number of benzene rings is 1. The van der Waals surface area contributed by atoms with Crippen molar-refractivity contribution in [3.63, 3.8) is 0 Å². The molecule has 0 aromatic heterocycles. The third-order valence-electron chi connectivity index (χ3n) is 3.37. The Bertz CT molecular complexity index is 373. The summed E-state index contributed by atoms with van der Waals surface area (Å²) in [6, 6.07) is 8.43. The summed E-state index contributed by atoms with van der Waals surface area (Å²) in [4.78, 5) is 2.50. The van der Waals surface area contributed by atoms with Gasteiger partial charge in [-0.1, -0.05) is 24.6 Å². The Morgan fingerprint density at radius 3 is 3.17 bits per heavy atom. The molecule has 1 aliphatic rings. The van der Waals surface area contributed by atoms with E-state index in [2.05, 4.69) is 17.1 Å². The van der Waals surface area contributed by atoms with Gasteiger partial charge >= 0.3 is 0 Å². The number of halogens is 1. The van der Waals surface area contributed by atoms with Gasteiger partial charge in [0.05, 0.1) is 13.2 Å². The summed E-state index contributed by atoms with van der Waals surface area (Å²) in [6.45, 7) is 6.97. The van der Waals surface area contributed by atoms with Crippen molar-refractivity contribution in [2.75, 3.05) is 38.2 Å². The van der Waals surface area contributed by atoms with Crippen LogP contribution in [0.25, 0.3) is 0 Å². The molecule has 1 atom stereocenters. The number of hydrogen-bond donors (Lipinski definition) is 1. The van der Waals surface area contributed by atoms with Crippen LogP contribution >= 0.6 is 11.6 Å². The Balaban J connectivity index is 1.77. The van der Waals surface area contributed by atoms with Crippen molar-refractivity contribution < 1.29 is 4.74 Å². The van der Waals surface area contributed by atoms with Crippen LogP contribution in [0.15, 0.2) is 24.3 Å². The van der Waals surface area contributed by atoms with Crippen LogP contribution in [-0.2, 0) is 4.74 Å². The van der Waals surface area contributed by atoms with E-state index >= 15 is 0 Å². The first kappa shape index (κ1) is 13.7. The van der Waals surface area contributed by atoms with E-state index in [1.54, 1.807) is 0 Å². The maximum absolute atomic E-state index is 5.95. The highest BCUT2D eigenvalue weighted by atomic mass is 35.5. The summed E-state index contributed by atoms with van der Waals surface area (Å²) in [5.41, 5.74) is 1.09. The predicted octanol–water partition coefficient (Wildman–Crippen LogP) is 2.86. The molecular formula is C14H21ClN2O. The van der Waals surface area contributed by atoms with Crippen molar-refractivity contribution in [3.05, 3.63) is 29.3 Å². The van der Waals surface area contributed by atoms with Gasteiger partial charge in [0.1, 0.15) is 0 Å². The first-order chi connectivity index (χ1) is 8.79. The maximum atomic E-state index is 5.95. The van der Waals surface area contributed by atoms with Crippen molar-refractivity contribution in [2.45, 2.75) is 19.4 Å². The van der Waals surface area contributed by atoms with Gasteiger partial charge in [-0.25, -0.2) is 0 Å². The highest BCUT2D eigenvalue weighted by Gasteiger charge is 2.20. The van der Waals surface area contributed by atoms with Crippen LogP contribution in [0.3, 0.4) is 0 Å². The van der Waals surface area contributed by atoms with Gasteiger partial charge in [0.15, 0.2) is 0 Å². The molecule has 2 rings (SSSR count). The van der Waals surface area contributed by atoms with Gasteiger partial charge in [-0.3, -0.25) is 4.90 Å². The summed E-state index contributed by atoms with van der Waals surface area (Å²) in [5.74, 6) is 0. The molecule has 0 saturated carbocycles. The monoisotopic (exact) mass is 268 g/mol. The molecule has 1 heterocycles. The Hall–Kier alpha value is -0.770. The summed E-state index contributed by atoms with van der Waals surface area (Å²) >= 11 is 5.95. The van der Waals surface area contributed by atoms with Crippen molar-refractivity contribution in [2.24, 2.45) is 0 Å². The molecular weight excluding hydrogens is 248 g/mol. The lowest BCUT2D eigenvalue weighted by atomic mass is 10.2. The summed E-state index contributed by atoms with van der Waals surface area (Å²) in [6.07, 6.45) is 1.15.